The quantitative estimate of drug-likeness (QED) is 0.645. The topological polar surface area (TPSA) is 91.3 Å². The van der Waals surface area contributed by atoms with E-state index in [1.54, 1.807) is 17.2 Å². The minimum absolute atomic E-state index is 0.351. The van der Waals surface area contributed by atoms with Crippen molar-refractivity contribution in [2.24, 2.45) is 10.7 Å². The molecule has 118 valence electrons. The second-order valence-corrected chi connectivity index (χ2v) is 10.5. The van der Waals surface area contributed by atoms with Crippen LogP contribution in [0.5, 0.6) is 0 Å². The fourth-order valence-electron chi connectivity index (χ4n) is 2.39. The normalized spacial score (nSPS) is 33.4. The molecule has 2 rings (SSSR count). The second kappa shape index (κ2) is 5.97. The van der Waals surface area contributed by atoms with E-state index >= 15 is 0 Å². The first-order valence-electron chi connectivity index (χ1n) is 6.87. The van der Waals surface area contributed by atoms with E-state index in [2.05, 4.69) is 31.2 Å². The molecule has 6 nitrogen and oxygen atoms in total. The SMILES string of the molecule is C=C1N=C(N)C=CN1C1O[C@H](CCP(=C)(C)C)[C@@H](O)[C@H]1O. The Kier molecular flexibility index (Phi) is 4.63. The molecule has 2 aliphatic heterocycles. The standard InChI is InChI=1S/C14H24N3O3P/c1-9-16-11(15)5-7-17(9)14-13(19)12(18)10(20-14)6-8-21(2,3)4/h5,7,10,12-14,18-19H,1-2,6,8H2,3-4H3,(H2,15,16)/t10-,12-,13-,14?/m1/s1. The van der Waals surface area contributed by atoms with Crippen LogP contribution in [0.1, 0.15) is 6.42 Å². The third-order valence-corrected chi connectivity index (χ3v) is 5.06. The van der Waals surface area contributed by atoms with Crippen LogP contribution < -0.4 is 5.73 Å². The number of hydrogen-bond donors (Lipinski definition) is 3. The molecule has 1 fully saturated rings. The maximum Gasteiger partial charge on any atom is 0.164 e. The van der Waals surface area contributed by atoms with Crippen molar-refractivity contribution in [2.45, 2.75) is 31.0 Å². The minimum atomic E-state index is -1.19. The molecule has 4 atom stereocenters. The van der Waals surface area contributed by atoms with Gasteiger partial charge in [-0.25, -0.2) is 4.99 Å². The number of rotatable bonds is 4. The molecule has 2 aliphatic rings. The predicted molar refractivity (Wildman–Crippen MR) is 87.8 cm³/mol. The second-order valence-electron chi connectivity index (χ2n) is 6.17. The summed E-state index contributed by atoms with van der Waals surface area (Å²) < 4.78 is 5.82. The van der Waals surface area contributed by atoms with Crippen molar-refractivity contribution in [3.63, 3.8) is 0 Å². The predicted octanol–water partition coefficient (Wildman–Crippen LogP) is 0.190. The van der Waals surface area contributed by atoms with Gasteiger partial charge >= 0.3 is 0 Å². The number of hydrogen-bond acceptors (Lipinski definition) is 6. The van der Waals surface area contributed by atoms with E-state index in [4.69, 9.17) is 10.5 Å². The number of aliphatic imine (C=N–C) groups is 1. The fraction of sp³-hybridized carbons (Fsp3) is 0.571. The van der Waals surface area contributed by atoms with E-state index in [0.29, 0.717) is 18.1 Å². The van der Waals surface area contributed by atoms with E-state index in [0.717, 1.165) is 6.16 Å². The van der Waals surface area contributed by atoms with Gasteiger partial charge in [-0.2, -0.15) is 0 Å². The van der Waals surface area contributed by atoms with Crippen molar-refractivity contribution in [1.82, 2.24) is 4.90 Å². The highest BCUT2D eigenvalue weighted by atomic mass is 31.2. The van der Waals surface area contributed by atoms with Crippen molar-refractivity contribution in [3.05, 3.63) is 24.7 Å². The maximum atomic E-state index is 10.2. The average molecular weight is 313 g/mol. The number of aliphatic hydroxyl groups is 2. The lowest BCUT2D eigenvalue weighted by molar-refractivity contribution is -0.0578. The molecule has 0 aromatic carbocycles. The van der Waals surface area contributed by atoms with E-state index in [1.165, 1.54) is 0 Å². The molecule has 0 bridgehead atoms. The Morgan fingerprint density at radius 2 is 2.10 bits per heavy atom. The van der Waals surface area contributed by atoms with Gasteiger partial charge in [0.25, 0.3) is 0 Å². The van der Waals surface area contributed by atoms with Gasteiger partial charge in [-0.1, -0.05) is 6.58 Å². The maximum absolute atomic E-state index is 10.2. The van der Waals surface area contributed by atoms with E-state index in [9.17, 15) is 10.2 Å². The molecule has 1 saturated heterocycles. The number of nitrogens with zero attached hydrogens (tertiary/aromatic N) is 2. The molecule has 0 spiro atoms. The lowest BCUT2D eigenvalue weighted by Crippen LogP contribution is -2.41. The van der Waals surface area contributed by atoms with Gasteiger partial charge < -0.3 is 25.6 Å². The van der Waals surface area contributed by atoms with Crippen LogP contribution in [0.2, 0.25) is 0 Å². The van der Waals surface area contributed by atoms with Gasteiger partial charge in [0.1, 0.15) is 23.9 Å². The summed E-state index contributed by atoms with van der Waals surface area (Å²) in [4.78, 5) is 5.63. The van der Waals surface area contributed by atoms with Crippen molar-refractivity contribution in [3.8, 4) is 0 Å². The molecule has 0 saturated carbocycles. The molecule has 0 radical (unpaired) electrons. The summed E-state index contributed by atoms with van der Waals surface area (Å²) >= 11 is 0. The summed E-state index contributed by atoms with van der Waals surface area (Å²) in [5.74, 6) is 0.737. The number of nitrogens with two attached hydrogens (primary N) is 1. The van der Waals surface area contributed by atoms with Crippen LogP contribution in [-0.2, 0) is 4.74 Å². The number of ether oxygens (including phenoxy) is 1. The third kappa shape index (κ3) is 3.77. The summed E-state index contributed by atoms with van der Waals surface area (Å²) in [6, 6.07) is 0. The van der Waals surface area contributed by atoms with Crippen molar-refractivity contribution in [1.29, 1.82) is 0 Å². The summed E-state index contributed by atoms with van der Waals surface area (Å²) in [6.45, 7) is 6.87. The first-order chi connectivity index (χ1) is 9.69. The van der Waals surface area contributed by atoms with Crippen molar-refractivity contribution in [2.75, 3.05) is 19.5 Å². The molecule has 4 N–H and O–H groups in total. The monoisotopic (exact) mass is 313 g/mol. The average Bonchev–Trinajstić information content (AvgIpc) is 2.64. The Morgan fingerprint density at radius 1 is 1.43 bits per heavy atom. The van der Waals surface area contributed by atoms with Crippen LogP contribution in [0.4, 0.5) is 0 Å². The smallest absolute Gasteiger partial charge is 0.164 e. The van der Waals surface area contributed by atoms with Crippen molar-refractivity contribution >= 4 is 19.0 Å². The fourth-order valence-corrected chi connectivity index (χ4v) is 3.35. The lowest BCUT2D eigenvalue weighted by atomic mass is 10.1. The third-order valence-electron chi connectivity index (χ3n) is 3.59. The highest BCUT2D eigenvalue weighted by Gasteiger charge is 2.45. The Labute approximate surface area is 125 Å². The van der Waals surface area contributed by atoms with Gasteiger partial charge in [0.05, 0.1) is 6.10 Å². The van der Waals surface area contributed by atoms with Crippen LogP contribution in [0.3, 0.4) is 0 Å². The van der Waals surface area contributed by atoms with Crippen LogP contribution >= 0.6 is 6.89 Å². The first kappa shape index (κ1) is 16.3. The molecule has 2 heterocycles. The van der Waals surface area contributed by atoms with Crippen LogP contribution in [-0.4, -0.2) is 71.3 Å². The summed E-state index contributed by atoms with van der Waals surface area (Å²) in [5, 5.41) is 20.4. The van der Waals surface area contributed by atoms with Crippen LogP contribution in [0.15, 0.2) is 29.7 Å². The van der Waals surface area contributed by atoms with Gasteiger partial charge in [0.15, 0.2) is 6.23 Å². The Hall–Kier alpha value is -1.07. The molecule has 0 aromatic rings. The highest BCUT2D eigenvalue weighted by molar-refractivity contribution is 7.72. The van der Waals surface area contributed by atoms with Gasteiger partial charge in [-0.05, 0) is 32.0 Å². The van der Waals surface area contributed by atoms with Gasteiger partial charge in [0.2, 0.25) is 0 Å². The molecule has 0 amide bonds. The van der Waals surface area contributed by atoms with Crippen LogP contribution in [0.25, 0.3) is 0 Å². The molecule has 7 heteroatoms. The molecule has 0 aromatic heterocycles. The zero-order valence-corrected chi connectivity index (χ0v) is 13.4. The number of aliphatic hydroxyl groups excluding tert-OH is 2. The van der Waals surface area contributed by atoms with Gasteiger partial charge in [-0.3, -0.25) is 0 Å². The lowest BCUT2D eigenvalue weighted by Gasteiger charge is -2.30. The Balaban J connectivity index is 2.05. The highest BCUT2D eigenvalue weighted by Crippen LogP contribution is 2.38. The van der Waals surface area contributed by atoms with Gasteiger partial charge in [-0.15, -0.1) is 13.2 Å². The van der Waals surface area contributed by atoms with Crippen molar-refractivity contribution < 1.29 is 14.9 Å². The summed E-state index contributed by atoms with van der Waals surface area (Å²) in [5.41, 5.74) is 5.59. The van der Waals surface area contributed by atoms with E-state index in [-0.39, 0.29) is 0 Å². The summed E-state index contributed by atoms with van der Waals surface area (Å²) in [6.07, 6.45) is 5.94. The van der Waals surface area contributed by atoms with Crippen LogP contribution in [0, 0.1) is 0 Å². The molecule has 1 unspecified atom stereocenters. The molecular formula is C14H24N3O3P. The van der Waals surface area contributed by atoms with Gasteiger partial charge in [0, 0.05) is 6.20 Å². The van der Waals surface area contributed by atoms with E-state index in [1.807, 2.05) is 0 Å². The molecule has 21 heavy (non-hydrogen) atoms. The first-order valence-corrected chi connectivity index (χ1v) is 9.93. The minimum Gasteiger partial charge on any atom is -0.388 e. The Bertz CT molecular complexity index is 526. The molecular weight excluding hydrogens is 289 g/mol. The summed E-state index contributed by atoms with van der Waals surface area (Å²) in [7, 11) is 0. The van der Waals surface area contributed by atoms with E-state index < -0.39 is 31.4 Å². The number of amidine groups is 1. The largest absolute Gasteiger partial charge is 0.388 e. The molecule has 0 aliphatic carbocycles. The zero-order chi connectivity index (χ0) is 15.8. The zero-order valence-electron chi connectivity index (χ0n) is 12.5. The Morgan fingerprint density at radius 3 is 2.67 bits per heavy atom.